The number of carbonyl (C=O) groups excluding carboxylic acids is 1. The number of ether oxygens (including phenoxy) is 1. The second-order valence-corrected chi connectivity index (χ2v) is 6.20. The van der Waals surface area contributed by atoms with Gasteiger partial charge >= 0.3 is 0 Å². The molecule has 1 atom stereocenters. The number of benzene rings is 1. The number of aromatic nitrogens is 2. The first-order valence-electron chi connectivity index (χ1n) is 8.46. The van der Waals surface area contributed by atoms with Crippen LogP contribution in [0.15, 0.2) is 35.1 Å². The van der Waals surface area contributed by atoms with E-state index in [-0.39, 0.29) is 24.1 Å². The predicted octanol–water partition coefficient (Wildman–Crippen LogP) is 2.35. The average Bonchev–Trinajstić information content (AvgIpc) is 2.57. The third kappa shape index (κ3) is 5.45. The van der Waals surface area contributed by atoms with E-state index >= 15 is 0 Å². The van der Waals surface area contributed by atoms with Gasteiger partial charge < -0.3 is 10.1 Å². The van der Waals surface area contributed by atoms with Crippen molar-refractivity contribution in [1.29, 1.82) is 0 Å². The van der Waals surface area contributed by atoms with E-state index in [9.17, 15) is 9.59 Å². The van der Waals surface area contributed by atoms with E-state index in [2.05, 4.69) is 17.3 Å². The van der Waals surface area contributed by atoms with Crippen LogP contribution in [0.3, 0.4) is 0 Å². The molecule has 0 fully saturated rings. The molecule has 6 heteroatoms. The van der Waals surface area contributed by atoms with Crippen molar-refractivity contribution in [3.8, 4) is 5.75 Å². The number of hydrogen-bond donors (Lipinski definition) is 1. The molecular weight excluding hydrogens is 318 g/mol. The molecule has 1 heterocycles. The molecule has 1 N–H and O–H groups in total. The van der Waals surface area contributed by atoms with Gasteiger partial charge in [0.2, 0.25) is 5.91 Å². The van der Waals surface area contributed by atoms with Crippen molar-refractivity contribution in [2.45, 2.75) is 53.3 Å². The molecule has 0 spiro atoms. The van der Waals surface area contributed by atoms with Crippen LogP contribution in [-0.2, 0) is 17.9 Å². The van der Waals surface area contributed by atoms with Gasteiger partial charge in [0, 0.05) is 18.2 Å². The molecule has 1 amide bonds. The molecule has 2 aromatic rings. The molecule has 0 radical (unpaired) electrons. The van der Waals surface area contributed by atoms with Gasteiger partial charge in [-0.25, -0.2) is 4.68 Å². The lowest BCUT2D eigenvalue weighted by molar-refractivity contribution is -0.122. The molecule has 0 saturated carbocycles. The zero-order valence-corrected chi connectivity index (χ0v) is 15.2. The molecule has 0 aliphatic heterocycles. The van der Waals surface area contributed by atoms with Gasteiger partial charge in [0.1, 0.15) is 12.3 Å². The van der Waals surface area contributed by atoms with Crippen molar-refractivity contribution in [1.82, 2.24) is 15.1 Å². The van der Waals surface area contributed by atoms with Crippen LogP contribution in [0.4, 0.5) is 0 Å². The smallest absolute Gasteiger partial charge is 0.267 e. The topological polar surface area (TPSA) is 73.2 Å². The van der Waals surface area contributed by atoms with E-state index in [0.29, 0.717) is 12.2 Å². The van der Waals surface area contributed by atoms with Crippen LogP contribution in [0.5, 0.6) is 5.75 Å². The van der Waals surface area contributed by atoms with Gasteiger partial charge in [0.05, 0.1) is 11.8 Å². The first-order valence-corrected chi connectivity index (χ1v) is 8.46. The fraction of sp³-hybridized carbons (Fsp3) is 0.421. The van der Waals surface area contributed by atoms with Crippen molar-refractivity contribution in [3.05, 3.63) is 57.5 Å². The highest BCUT2D eigenvalue weighted by Gasteiger charge is 2.10. The normalized spacial score (nSPS) is 11.8. The van der Waals surface area contributed by atoms with E-state index in [1.165, 1.54) is 6.07 Å². The Morgan fingerprint density at radius 2 is 2.04 bits per heavy atom. The number of amides is 1. The van der Waals surface area contributed by atoms with Gasteiger partial charge in [0.25, 0.3) is 5.56 Å². The lowest BCUT2D eigenvalue weighted by Gasteiger charge is -2.17. The molecule has 1 unspecified atom stereocenters. The number of aryl methyl sites for hydroxylation is 2. The zero-order valence-electron chi connectivity index (χ0n) is 15.2. The Morgan fingerprint density at radius 1 is 1.28 bits per heavy atom. The minimum atomic E-state index is -0.295. The van der Waals surface area contributed by atoms with Crippen molar-refractivity contribution in [2.24, 2.45) is 0 Å². The van der Waals surface area contributed by atoms with Gasteiger partial charge in [-0.15, -0.1) is 0 Å². The van der Waals surface area contributed by atoms with Crippen LogP contribution in [0.1, 0.15) is 37.1 Å². The fourth-order valence-electron chi connectivity index (χ4n) is 2.27. The minimum Gasteiger partial charge on any atom is -0.490 e. The van der Waals surface area contributed by atoms with Crippen LogP contribution >= 0.6 is 0 Å². The Kier molecular flexibility index (Phi) is 6.33. The van der Waals surface area contributed by atoms with Crippen molar-refractivity contribution < 1.29 is 9.53 Å². The maximum atomic E-state index is 12.2. The SMILES string of the molecule is CCC(C)Oc1cc(C)ccc1CNC(=O)Cn1nc(C)ccc1=O. The van der Waals surface area contributed by atoms with E-state index in [4.69, 9.17) is 4.74 Å². The summed E-state index contributed by atoms with van der Waals surface area (Å²) >= 11 is 0. The van der Waals surface area contributed by atoms with Crippen LogP contribution in [0.25, 0.3) is 0 Å². The number of nitrogens with zero attached hydrogens (tertiary/aromatic N) is 2. The molecule has 1 aromatic heterocycles. The minimum absolute atomic E-state index is 0.103. The Balaban J connectivity index is 2.04. The van der Waals surface area contributed by atoms with E-state index in [1.54, 1.807) is 13.0 Å². The highest BCUT2D eigenvalue weighted by molar-refractivity contribution is 5.75. The van der Waals surface area contributed by atoms with Crippen molar-refractivity contribution >= 4 is 5.91 Å². The number of nitrogens with one attached hydrogen (secondary N) is 1. The van der Waals surface area contributed by atoms with Crippen LogP contribution in [0.2, 0.25) is 0 Å². The molecule has 0 saturated heterocycles. The van der Waals surface area contributed by atoms with Gasteiger partial charge in [-0.05, 0) is 44.9 Å². The second-order valence-electron chi connectivity index (χ2n) is 6.20. The van der Waals surface area contributed by atoms with E-state index in [0.717, 1.165) is 28.0 Å². The Hall–Kier alpha value is -2.63. The largest absolute Gasteiger partial charge is 0.490 e. The quantitative estimate of drug-likeness (QED) is 0.837. The van der Waals surface area contributed by atoms with Gasteiger partial charge in [-0.2, -0.15) is 5.10 Å². The first kappa shape index (κ1) is 18.7. The molecular formula is C19H25N3O3. The van der Waals surface area contributed by atoms with Gasteiger partial charge in [-0.3, -0.25) is 9.59 Å². The molecule has 0 aliphatic rings. The zero-order chi connectivity index (χ0) is 18.4. The highest BCUT2D eigenvalue weighted by Crippen LogP contribution is 2.22. The standard InChI is InChI=1S/C19H25N3O3/c1-5-15(4)25-17-10-13(2)6-8-16(17)11-20-18(23)12-22-19(24)9-7-14(3)21-22/h6-10,15H,5,11-12H2,1-4H3,(H,20,23). The summed E-state index contributed by atoms with van der Waals surface area (Å²) in [5.74, 6) is 0.510. The van der Waals surface area contributed by atoms with Crippen LogP contribution in [0, 0.1) is 13.8 Å². The molecule has 6 nitrogen and oxygen atoms in total. The maximum absolute atomic E-state index is 12.2. The van der Waals surface area contributed by atoms with E-state index < -0.39 is 0 Å². The molecule has 2 rings (SSSR count). The summed E-state index contributed by atoms with van der Waals surface area (Å²) in [5, 5.41) is 6.89. The summed E-state index contributed by atoms with van der Waals surface area (Å²) in [7, 11) is 0. The lowest BCUT2D eigenvalue weighted by atomic mass is 10.1. The number of rotatable bonds is 7. The molecule has 1 aromatic carbocycles. The van der Waals surface area contributed by atoms with Crippen molar-refractivity contribution in [2.75, 3.05) is 0 Å². The van der Waals surface area contributed by atoms with Crippen molar-refractivity contribution in [3.63, 3.8) is 0 Å². The fourth-order valence-corrected chi connectivity index (χ4v) is 2.27. The molecule has 0 aliphatic carbocycles. The first-order chi connectivity index (χ1) is 11.9. The van der Waals surface area contributed by atoms with Gasteiger partial charge in [-0.1, -0.05) is 19.1 Å². The summed E-state index contributed by atoms with van der Waals surface area (Å²) in [6, 6.07) is 8.94. The third-order valence-corrected chi connectivity index (χ3v) is 3.90. The maximum Gasteiger partial charge on any atom is 0.267 e. The van der Waals surface area contributed by atoms with Gasteiger partial charge in [0.15, 0.2) is 0 Å². The summed E-state index contributed by atoms with van der Waals surface area (Å²) in [6.07, 6.45) is 1.01. The monoisotopic (exact) mass is 343 g/mol. The average molecular weight is 343 g/mol. The lowest BCUT2D eigenvalue weighted by Crippen LogP contribution is -2.33. The Morgan fingerprint density at radius 3 is 2.76 bits per heavy atom. The summed E-state index contributed by atoms with van der Waals surface area (Å²) < 4.78 is 7.11. The third-order valence-electron chi connectivity index (χ3n) is 3.90. The summed E-state index contributed by atoms with van der Waals surface area (Å²) in [4.78, 5) is 23.9. The second kappa shape index (κ2) is 8.46. The molecule has 25 heavy (non-hydrogen) atoms. The predicted molar refractivity (Wildman–Crippen MR) is 96.6 cm³/mol. The number of carbonyl (C=O) groups is 1. The molecule has 0 bridgehead atoms. The summed E-state index contributed by atoms with van der Waals surface area (Å²) in [5.41, 5.74) is 2.40. The van der Waals surface area contributed by atoms with Crippen LogP contribution in [-0.4, -0.2) is 21.8 Å². The highest BCUT2D eigenvalue weighted by atomic mass is 16.5. The molecule has 134 valence electrons. The summed E-state index contributed by atoms with van der Waals surface area (Å²) in [6.45, 7) is 8.09. The van der Waals surface area contributed by atoms with Crippen LogP contribution < -0.4 is 15.6 Å². The number of hydrogen-bond acceptors (Lipinski definition) is 4. The Labute approximate surface area is 147 Å². The van der Waals surface area contributed by atoms with E-state index in [1.807, 2.05) is 32.0 Å². The Bertz CT molecular complexity index is 799.